The average Bonchev–Trinajstić information content (AvgIpc) is 3.31. The van der Waals surface area contributed by atoms with Gasteiger partial charge < -0.3 is 0 Å². The molecule has 0 spiro atoms. The molecule has 0 saturated heterocycles. The molecule has 2 aromatic heterocycles. The fourth-order valence-corrected chi connectivity index (χ4v) is 5.93. The quantitative estimate of drug-likeness (QED) is 0.271. The number of amides is 1. The van der Waals surface area contributed by atoms with Crippen LogP contribution in [0, 0.1) is 0 Å². The molecule has 0 aliphatic carbocycles. The molecule has 4 rings (SSSR count). The van der Waals surface area contributed by atoms with E-state index in [0.717, 1.165) is 21.3 Å². The number of hydrogen-bond donors (Lipinski definition) is 1. The van der Waals surface area contributed by atoms with Crippen LogP contribution >= 0.6 is 22.9 Å². The Bertz CT molecular complexity index is 1240. The second-order valence-corrected chi connectivity index (χ2v) is 11.1. The van der Waals surface area contributed by atoms with Gasteiger partial charge in [0.15, 0.2) is 0 Å². The van der Waals surface area contributed by atoms with Crippen LogP contribution in [0.15, 0.2) is 53.5 Å². The third-order valence-electron chi connectivity index (χ3n) is 4.26. The normalized spacial score (nSPS) is 11.5. The number of nitrogens with zero attached hydrogens (tertiary/aromatic N) is 1. The molecule has 2 aromatic carbocycles. The van der Waals surface area contributed by atoms with Gasteiger partial charge in [-0.15, -0.1) is 0 Å². The van der Waals surface area contributed by atoms with E-state index in [-0.39, 0.29) is 20.4 Å². The van der Waals surface area contributed by atoms with Crippen molar-refractivity contribution in [3.63, 3.8) is 0 Å². The van der Waals surface area contributed by atoms with Crippen LogP contribution in [-0.2, 0) is 4.74 Å². The summed E-state index contributed by atoms with van der Waals surface area (Å²) in [4.78, 5) is 32.4. The Morgan fingerprint density at radius 3 is 2.48 bits per heavy atom. The van der Waals surface area contributed by atoms with Gasteiger partial charge in [0.2, 0.25) is 0 Å². The molecule has 0 atom stereocenters. The number of benzene rings is 2. The van der Waals surface area contributed by atoms with Crippen molar-refractivity contribution in [2.45, 2.75) is 26.4 Å². The second kappa shape index (κ2) is 8.59. The van der Waals surface area contributed by atoms with Crippen LogP contribution in [0.3, 0.4) is 0 Å². The fraction of sp³-hybridized carbons (Fsp3) is 0.174. The zero-order valence-electron chi connectivity index (χ0n) is 17.1. The Morgan fingerprint density at radius 2 is 1.81 bits per heavy atom. The van der Waals surface area contributed by atoms with Crippen LogP contribution < -0.4 is 5.32 Å². The maximum atomic E-state index is 13.1. The van der Waals surface area contributed by atoms with Gasteiger partial charge in [-0.2, -0.15) is 0 Å². The molecule has 2 heterocycles. The van der Waals surface area contributed by atoms with Crippen molar-refractivity contribution in [1.82, 2.24) is 4.98 Å². The molecular formula is C23H19ClN2O3SSe. The number of esters is 1. The van der Waals surface area contributed by atoms with E-state index in [4.69, 9.17) is 16.3 Å². The van der Waals surface area contributed by atoms with Crippen LogP contribution in [0.1, 0.15) is 40.9 Å². The van der Waals surface area contributed by atoms with Crippen molar-refractivity contribution >= 4 is 64.1 Å². The Kier molecular flexibility index (Phi) is 6.04. The molecular weight excluding hydrogens is 499 g/mol. The molecule has 31 heavy (non-hydrogen) atoms. The monoisotopic (exact) mass is 518 g/mol. The third kappa shape index (κ3) is 4.91. The number of fused-ring (bicyclic) bond motifs is 1. The van der Waals surface area contributed by atoms with Crippen molar-refractivity contribution in [1.29, 1.82) is 0 Å². The number of thiazole rings is 1. The van der Waals surface area contributed by atoms with E-state index in [1.54, 1.807) is 12.1 Å². The standard InChI is InChI=1S/C23H19ClN2O3SSe/c1-23(2,3)29-22(28)18-15(13-8-10-14(24)11-9-13)12-31-21(18)26-19(27)20-25-16-6-4-5-7-17(16)30-20/h4-12H,1-3H3,(H,26,27). The summed E-state index contributed by atoms with van der Waals surface area (Å²) in [5.41, 5.74) is 2.08. The van der Waals surface area contributed by atoms with E-state index in [1.165, 1.54) is 11.3 Å². The van der Waals surface area contributed by atoms with E-state index in [9.17, 15) is 9.59 Å². The summed E-state index contributed by atoms with van der Waals surface area (Å²) < 4.78 is 7.15. The first-order valence-electron chi connectivity index (χ1n) is 9.49. The van der Waals surface area contributed by atoms with E-state index >= 15 is 0 Å². The first-order valence-corrected chi connectivity index (χ1v) is 12.5. The van der Waals surface area contributed by atoms with Gasteiger partial charge >= 0.3 is 195 Å². The maximum absolute atomic E-state index is 13.1. The zero-order chi connectivity index (χ0) is 22.2. The van der Waals surface area contributed by atoms with E-state index < -0.39 is 11.6 Å². The van der Waals surface area contributed by atoms with Crippen LogP contribution in [0.25, 0.3) is 21.3 Å². The SMILES string of the molecule is CC(C)(C)OC(=O)c1c(-c2ccc(Cl)cc2)c[se]c1NC(=O)c1nc2ccccc2s1. The van der Waals surface area contributed by atoms with Gasteiger partial charge in [-0.1, -0.05) is 0 Å². The summed E-state index contributed by atoms with van der Waals surface area (Å²) >= 11 is 7.10. The average molecular weight is 518 g/mol. The zero-order valence-corrected chi connectivity index (χ0v) is 20.3. The summed E-state index contributed by atoms with van der Waals surface area (Å²) in [6.45, 7) is 5.45. The van der Waals surface area contributed by atoms with E-state index in [1.807, 2.05) is 62.1 Å². The summed E-state index contributed by atoms with van der Waals surface area (Å²) in [7, 11) is 0. The second-order valence-electron chi connectivity index (χ2n) is 7.80. The minimum absolute atomic E-state index is 0.243. The molecule has 1 N–H and O–H groups in total. The number of anilines is 1. The van der Waals surface area contributed by atoms with Gasteiger partial charge in [-0.05, 0) is 0 Å². The summed E-state index contributed by atoms with van der Waals surface area (Å²) in [5.74, 6) is -0.794. The first kappa shape index (κ1) is 21.8. The molecule has 1 amide bonds. The first-order chi connectivity index (χ1) is 14.7. The van der Waals surface area contributed by atoms with Gasteiger partial charge in [0, 0.05) is 0 Å². The summed E-state index contributed by atoms with van der Waals surface area (Å²) in [6, 6.07) is 14.8. The van der Waals surface area contributed by atoms with Crippen LogP contribution in [0.5, 0.6) is 0 Å². The fourth-order valence-electron chi connectivity index (χ4n) is 2.95. The molecule has 8 heteroatoms. The Balaban J connectivity index is 1.71. The van der Waals surface area contributed by atoms with Crippen molar-refractivity contribution in [2.24, 2.45) is 0 Å². The van der Waals surface area contributed by atoms with Gasteiger partial charge in [-0.3, -0.25) is 0 Å². The Morgan fingerprint density at radius 1 is 1.10 bits per heavy atom. The molecule has 0 unspecified atom stereocenters. The minimum atomic E-state index is -0.660. The number of carbonyl (C=O) groups excluding carboxylic acids is 2. The van der Waals surface area contributed by atoms with Gasteiger partial charge in [0.1, 0.15) is 0 Å². The topological polar surface area (TPSA) is 68.3 Å². The van der Waals surface area contributed by atoms with Crippen LogP contribution in [0.2, 0.25) is 5.02 Å². The predicted molar refractivity (Wildman–Crippen MR) is 127 cm³/mol. The van der Waals surface area contributed by atoms with Crippen LogP contribution in [0.4, 0.5) is 4.56 Å². The number of nitrogens with one attached hydrogen (secondary N) is 1. The van der Waals surface area contributed by atoms with E-state index in [0.29, 0.717) is 20.2 Å². The molecule has 0 saturated carbocycles. The summed E-state index contributed by atoms with van der Waals surface area (Å²) in [6.07, 6.45) is 0. The molecule has 5 nitrogen and oxygen atoms in total. The van der Waals surface area contributed by atoms with Crippen molar-refractivity contribution in [3.05, 3.63) is 69.1 Å². The molecule has 4 aromatic rings. The number of ether oxygens (including phenoxy) is 1. The molecule has 0 aliphatic heterocycles. The number of aromatic nitrogens is 1. The van der Waals surface area contributed by atoms with Crippen molar-refractivity contribution < 1.29 is 14.3 Å². The number of halogens is 1. The van der Waals surface area contributed by atoms with Gasteiger partial charge in [-0.25, -0.2) is 0 Å². The summed E-state index contributed by atoms with van der Waals surface area (Å²) in [5, 5.41) is 3.89. The van der Waals surface area contributed by atoms with Crippen molar-refractivity contribution in [2.75, 3.05) is 5.32 Å². The van der Waals surface area contributed by atoms with Crippen LogP contribution in [-0.4, -0.2) is 37.0 Å². The number of hydrogen-bond acceptors (Lipinski definition) is 5. The van der Waals surface area contributed by atoms with Crippen molar-refractivity contribution in [3.8, 4) is 11.1 Å². The molecule has 0 bridgehead atoms. The molecule has 0 fully saturated rings. The molecule has 0 radical (unpaired) electrons. The Labute approximate surface area is 194 Å². The van der Waals surface area contributed by atoms with Gasteiger partial charge in [0.25, 0.3) is 0 Å². The van der Waals surface area contributed by atoms with E-state index in [2.05, 4.69) is 10.3 Å². The predicted octanol–water partition coefficient (Wildman–Crippen LogP) is 5.88. The number of para-hydroxylation sites is 1. The molecule has 0 aliphatic rings. The molecule has 158 valence electrons. The Hall–Kier alpha value is -2.44. The number of carbonyl (C=O) groups is 2. The third-order valence-corrected chi connectivity index (χ3v) is 7.43. The number of rotatable bonds is 4. The van der Waals surface area contributed by atoms with Gasteiger partial charge in [0.05, 0.1) is 0 Å².